The molecule has 22 heavy (non-hydrogen) atoms. The fourth-order valence-electron chi connectivity index (χ4n) is 3.20. The Kier molecular flexibility index (Phi) is 3.98. The standard InChI is InChI=1S/C15H19N3O4/c19-13(10-17-6-1-2-15(17)20)9-16-7-5-11-3-4-12(18(21)22)8-14(11)16/h3-4,8,13,19H,1-2,5-7,9-10H2/t13-/m0/s1. The lowest BCUT2D eigenvalue weighted by molar-refractivity contribution is -0.384. The van der Waals surface area contributed by atoms with E-state index in [-0.39, 0.29) is 11.6 Å². The van der Waals surface area contributed by atoms with Gasteiger partial charge in [0.15, 0.2) is 0 Å². The summed E-state index contributed by atoms with van der Waals surface area (Å²) in [6, 6.07) is 4.86. The van der Waals surface area contributed by atoms with Gasteiger partial charge in [0.05, 0.1) is 11.0 Å². The van der Waals surface area contributed by atoms with Crippen molar-refractivity contribution in [2.45, 2.75) is 25.4 Å². The number of rotatable bonds is 5. The molecule has 1 fully saturated rings. The molecule has 0 bridgehead atoms. The van der Waals surface area contributed by atoms with Crippen LogP contribution in [-0.4, -0.2) is 53.1 Å². The van der Waals surface area contributed by atoms with E-state index >= 15 is 0 Å². The molecule has 0 aromatic heterocycles. The molecule has 0 saturated carbocycles. The zero-order chi connectivity index (χ0) is 15.7. The normalized spacial score (nSPS) is 18.7. The predicted octanol–water partition coefficient (Wildman–Crippen LogP) is 0.941. The number of aliphatic hydroxyl groups is 1. The van der Waals surface area contributed by atoms with Crippen molar-refractivity contribution in [1.82, 2.24) is 4.90 Å². The van der Waals surface area contributed by atoms with Crippen LogP contribution in [0.1, 0.15) is 18.4 Å². The first kappa shape index (κ1) is 14.8. The number of carbonyl (C=O) groups is 1. The van der Waals surface area contributed by atoms with Crippen LogP contribution >= 0.6 is 0 Å². The molecule has 2 heterocycles. The topological polar surface area (TPSA) is 86.9 Å². The van der Waals surface area contributed by atoms with Gasteiger partial charge >= 0.3 is 0 Å². The van der Waals surface area contributed by atoms with Gasteiger partial charge in [-0.15, -0.1) is 0 Å². The second kappa shape index (κ2) is 5.92. The first-order chi connectivity index (χ1) is 10.5. The average molecular weight is 305 g/mol. The fraction of sp³-hybridized carbons (Fsp3) is 0.533. The highest BCUT2D eigenvalue weighted by Crippen LogP contribution is 2.31. The van der Waals surface area contributed by atoms with Crippen molar-refractivity contribution in [3.8, 4) is 0 Å². The van der Waals surface area contributed by atoms with Crippen LogP contribution in [0.4, 0.5) is 11.4 Å². The lowest BCUT2D eigenvalue weighted by Crippen LogP contribution is -2.40. The molecule has 0 unspecified atom stereocenters. The molecule has 0 radical (unpaired) electrons. The molecule has 0 spiro atoms. The molecule has 7 nitrogen and oxygen atoms in total. The highest BCUT2D eigenvalue weighted by atomic mass is 16.6. The van der Waals surface area contributed by atoms with Crippen molar-refractivity contribution in [1.29, 1.82) is 0 Å². The smallest absolute Gasteiger partial charge is 0.271 e. The van der Waals surface area contributed by atoms with E-state index in [0.717, 1.165) is 30.6 Å². The molecule has 1 saturated heterocycles. The highest BCUT2D eigenvalue weighted by molar-refractivity contribution is 5.78. The van der Waals surface area contributed by atoms with Gasteiger partial charge in [-0.3, -0.25) is 14.9 Å². The summed E-state index contributed by atoms with van der Waals surface area (Å²) in [4.78, 5) is 25.7. The van der Waals surface area contributed by atoms with Crippen LogP contribution < -0.4 is 4.90 Å². The van der Waals surface area contributed by atoms with E-state index in [1.807, 2.05) is 4.90 Å². The SMILES string of the molecule is O=C1CCCN1C[C@@H](O)CN1CCc2ccc([N+](=O)[O-])cc21. The van der Waals surface area contributed by atoms with Crippen molar-refractivity contribution in [3.63, 3.8) is 0 Å². The number of benzene rings is 1. The number of non-ortho nitro benzene ring substituents is 1. The first-order valence-electron chi connectivity index (χ1n) is 7.52. The van der Waals surface area contributed by atoms with Crippen LogP contribution in [0.2, 0.25) is 0 Å². The van der Waals surface area contributed by atoms with Gasteiger partial charge in [-0.25, -0.2) is 0 Å². The first-order valence-corrected chi connectivity index (χ1v) is 7.52. The number of likely N-dealkylation sites (tertiary alicyclic amines) is 1. The second-order valence-corrected chi connectivity index (χ2v) is 5.86. The maximum Gasteiger partial charge on any atom is 0.271 e. The summed E-state index contributed by atoms with van der Waals surface area (Å²) >= 11 is 0. The number of β-amino-alcohol motifs (C(OH)–C–C–N with tert-alkyl or cyclic N) is 1. The zero-order valence-corrected chi connectivity index (χ0v) is 12.3. The molecule has 118 valence electrons. The second-order valence-electron chi connectivity index (χ2n) is 5.86. The molecule has 7 heteroatoms. The summed E-state index contributed by atoms with van der Waals surface area (Å²) in [6.07, 6.45) is 1.59. The molecular weight excluding hydrogens is 286 g/mol. The van der Waals surface area contributed by atoms with Crippen molar-refractivity contribution < 1.29 is 14.8 Å². The molecular formula is C15H19N3O4. The summed E-state index contributed by atoms with van der Waals surface area (Å²) in [7, 11) is 0. The van der Waals surface area contributed by atoms with Gasteiger partial charge in [-0.2, -0.15) is 0 Å². The van der Waals surface area contributed by atoms with Gasteiger partial charge in [0.1, 0.15) is 0 Å². The van der Waals surface area contributed by atoms with Crippen LogP contribution in [0.3, 0.4) is 0 Å². The number of hydrogen-bond donors (Lipinski definition) is 1. The van der Waals surface area contributed by atoms with E-state index in [2.05, 4.69) is 0 Å². The van der Waals surface area contributed by atoms with E-state index in [1.54, 1.807) is 17.0 Å². The third kappa shape index (κ3) is 2.89. The third-order valence-corrected chi connectivity index (χ3v) is 4.31. The molecule has 1 amide bonds. The Morgan fingerprint density at radius 1 is 1.23 bits per heavy atom. The lowest BCUT2D eigenvalue weighted by Gasteiger charge is -2.26. The van der Waals surface area contributed by atoms with Crippen molar-refractivity contribution in [2.24, 2.45) is 0 Å². The Hall–Kier alpha value is -2.15. The van der Waals surface area contributed by atoms with Crippen LogP contribution in [0, 0.1) is 10.1 Å². The van der Waals surface area contributed by atoms with E-state index in [9.17, 15) is 20.0 Å². The number of carbonyl (C=O) groups excluding carboxylic acids is 1. The summed E-state index contributed by atoms with van der Waals surface area (Å²) in [5.74, 6) is 0.0940. The van der Waals surface area contributed by atoms with E-state index in [0.29, 0.717) is 26.1 Å². The van der Waals surface area contributed by atoms with Crippen LogP contribution in [0.5, 0.6) is 0 Å². The Balaban J connectivity index is 1.66. The Labute approximate surface area is 128 Å². The number of anilines is 1. The minimum Gasteiger partial charge on any atom is -0.389 e. The molecule has 1 N–H and O–H groups in total. The zero-order valence-electron chi connectivity index (χ0n) is 12.3. The number of nitro groups is 1. The Morgan fingerprint density at radius 3 is 2.68 bits per heavy atom. The molecule has 3 rings (SSSR count). The molecule has 2 aliphatic rings. The molecule has 0 aliphatic carbocycles. The highest BCUT2D eigenvalue weighted by Gasteiger charge is 2.27. The number of fused-ring (bicyclic) bond motifs is 1. The van der Waals surface area contributed by atoms with Gasteiger partial charge in [0.2, 0.25) is 5.91 Å². The minimum atomic E-state index is -0.646. The van der Waals surface area contributed by atoms with Crippen LogP contribution in [0.25, 0.3) is 0 Å². The van der Waals surface area contributed by atoms with Crippen molar-refractivity contribution in [3.05, 3.63) is 33.9 Å². The minimum absolute atomic E-state index is 0.0647. The van der Waals surface area contributed by atoms with E-state index in [1.165, 1.54) is 6.07 Å². The summed E-state index contributed by atoms with van der Waals surface area (Å²) in [6.45, 7) is 2.16. The molecule has 1 atom stereocenters. The Morgan fingerprint density at radius 2 is 2.00 bits per heavy atom. The number of aliphatic hydroxyl groups excluding tert-OH is 1. The van der Waals surface area contributed by atoms with Crippen molar-refractivity contribution >= 4 is 17.3 Å². The lowest BCUT2D eigenvalue weighted by atomic mass is 10.1. The van der Waals surface area contributed by atoms with E-state index < -0.39 is 11.0 Å². The van der Waals surface area contributed by atoms with Gasteiger partial charge in [0, 0.05) is 50.4 Å². The monoisotopic (exact) mass is 305 g/mol. The summed E-state index contributed by atoms with van der Waals surface area (Å²) in [5, 5.41) is 21.1. The summed E-state index contributed by atoms with van der Waals surface area (Å²) < 4.78 is 0. The predicted molar refractivity (Wildman–Crippen MR) is 80.8 cm³/mol. The number of hydrogen-bond acceptors (Lipinski definition) is 5. The fourth-order valence-corrected chi connectivity index (χ4v) is 3.20. The largest absolute Gasteiger partial charge is 0.389 e. The van der Waals surface area contributed by atoms with Crippen LogP contribution in [0.15, 0.2) is 18.2 Å². The quantitative estimate of drug-likeness (QED) is 0.646. The van der Waals surface area contributed by atoms with Gasteiger partial charge in [-0.1, -0.05) is 6.07 Å². The van der Waals surface area contributed by atoms with Crippen molar-refractivity contribution in [2.75, 3.05) is 31.1 Å². The molecule has 1 aromatic rings. The molecule has 1 aromatic carbocycles. The van der Waals surface area contributed by atoms with E-state index in [4.69, 9.17) is 0 Å². The molecule has 2 aliphatic heterocycles. The number of nitro benzene ring substituents is 1. The number of amides is 1. The maximum atomic E-state index is 11.6. The average Bonchev–Trinajstić information content (AvgIpc) is 3.06. The van der Waals surface area contributed by atoms with Crippen LogP contribution in [-0.2, 0) is 11.2 Å². The van der Waals surface area contributed by atoms with Gasteiger partial charge < -0.3 is 14.9 Å². The Bertz CT molecular complexity index is 604. The maximum absolute atomic E-state index is 11.6. The summed E-state index contributed by atoms with van der Waals surface area (Å²) in [5.41, 5.74) is 1.95. The van der Waals surface area contributed by atoms with Gasteiger partial charge in [0.25, 0.3) is 5.69 Å². The number of nitrogens with zero attached hydrogens (tertiary/aromatic N) is 3. The third-order valence-electron chi connectivity index (χ3n) is 4.31. The van der Waals surface area contributed by atoms with Gasteiger partial charge in [-0.05, 0) is 18.4 Å².